The van der Waals surface area contributed by atoms with Gasteiger partial charge in [0.15, 0.2) is 0 Å². The van der Waals surface area contributed by atoms with E-state index in [2.05, 4.69) is 23.6 Å². The number of furan rings is 1. The van der Waals surface area contributed by atoms with Crippen LogP contribution in [0.1, 0.15) is 19.4 Å². The van der Waals surface area contributed by atoms with E-state index in [1.54, 1.807) is 6.26 Å². The van der Waals surface area contributed by atoms with Crippen molar-refractivity contribution in [1.82, 2.24) is 9.80 Å². The molecule has 5 nitrogen and oxygen atoms in total. The highest BCUT2D eigenvalue weighted by atomic mass is 16.5. The summed E-state index contributed by atoms with van der Waals surface area (Å²) in [6.07, 6.45) is 3.56. The maximum Gasteiger partial charge on any atom is 0.117 e. The van der Waals surface area contributed by atoms with Crippen LogP contribution in [0.4, 0.5) is 0 Å². The predicted octanol–water partition coefficient (Wildman–Crippen LogP) is 1.59. The maximum absolute atomic E-state index is 6.18. The van der Waals surface area contributed by atoms with Gasteiger partial charge in [-0.15, -0.1) is 0 Å². The van der Waals surface area contributed by atoms with E-state index in [9.17, 15) is 0 Å². The van der Waals surface area contributed by atoms with Crippen LogP contribution in [-0.4, -0.2) is 67.4 Å². The smallest absolute Gasteiger partial charge is 0.117 e. The molecule has 1 atom stereocenters. The van der Waals surface area contributed by atoms with Crippen LogP contribution >= 0.6 is 0 Å². The molecular weight excluding hydrogens is 268 g/mol. The zero-order chi connectivity index (χ0) is 14.7. The van der Waals surface area contributed by atoms with E-state index in [4.69, 9.17) is 13.9 Å². The van der Waals surface area contributed by atoms with Gasteiger partial charge in [-0.2, -0.15) is 0 Å². The van der Waals surface area contributed by atoms with Crippen LogP contribution in [0.25, 0.3) is 0 Å². The Kier molecular flexibility index (Phi) is 4.64. The van der Waals surface area contributed by atoms with Crippen LogP contribution in [-0.2, 0) is 16.0 Å². The molecule has 118 valence electrons. The zero-order valence-electron chi connectivity index (χ0n) is 13.1. The summed E-state index contributed by atoms with van der Waals surface area (Å²) in [4.78, 5) is 4.91. The summed E-state index contributed by atoms with van der Waals surface area (Å²) < 4.78 is 17.2. The van der Waals surface area contributed by atoms with Crippen molar-refractivity contribution >= 4 is 0 Å². The quantitative estimate of drug-likeness (QED) is 0.846. The lowest BCUT2D eigenvalue weighted by Gasteiger charge is -2.44. The molecule has 0 aromatic carbocycles. The van der Waals surface area contributed by atoms with Gasteiger partial charge in [-0.1, -0.05) is 0 Å². The molecule has 2 aliphatic heterocycles. The summed E-state index contributed by atoms with van der Waals surface area (Å²) in [6.45, 7) is 11.5. The molecule has 1 aromatic heterocycles. The molecule has 21 heavy (non-hydrogen) atoms. The fourth-order valence-electron chi connectivity index (χ4n) is 3.26. The molecule has 3 rings (SSSR count). The Morgan fingerprint density at radius 3 is 2.90 bits per heavy atom. The number of hydrogen-bond donors (Lipinski definition) is 0. The van der Waals surface area contributed by atoms with Gasteiger partial charge in [-0.25, -0.2) is 0 Å². The number of morpholine rings is 1. The second-order valence-electron chi connectivity index (χ2n) is 6.49. The molecule has 0 radical (unpaired) electrons. The van der Waals surface area contributed by atoms with Crippen molar-refractivity contribution in [3.05, 3.63) is 24.2 Å². The zero-order valence-corrected chi connectivity index (χ0v) is 13.1. The third-order valence-electron chi connectivity index (χ3n) is 4.42. The van der Waals surface area contributed by atoms with E-state index in [0.29, 0.717) is 12.6 Å². The highest BCUT2D eigenvalue weighted by Gasteiger charge is 2.40. The summed E-state index contributed by atoms with van der Waals surface area (Å²) in [6, 6.07) is 2.56. The SMILES string of the molecule is CC(C)N1CCOC[C@]2(CN(Cc3ccoc3)CCO2)C1. The van der Waals surface area contributed by atoms with Gasteiger partial charge in [0.2, 0.25) is 0 Å². The van der Waals surface area contributed by atoms with Gasteiger partial charge in [0.1, 0.15) is 5.60 Å². The van der Waals surface area contributed by atoms with Crippen molar-refractivity contribution in [2.75, 3.05) is 46.0 Å². The first-order valence-electron chi connectivity index (χ1n) is 7.86. The highest BCUT2D eigenvalue weighted by Crippen LogP contribution is 2.24. The number of nitrogens with zero attached hydrogens (tertiary/aromatic N) is 2. The van der Waals surface area contributed by atoms with Gasteiger partial charge in [0.25, 0.3) is 0 Å². The molecule has 1 spiro atoms. The number of ether oxygens (including phenoxy) is 2. The summed E-state index contributed by atoms with van der Waals surface area (Å²) in [5.41, 5.74) is 1.03. The topological polar surface area (TPSA) is 38.1 Å². The van der Waals surface area contributed by atoms with Crippen LogP contribution < -0.4 is 0 Å². The fourth-order valence-corrected chi connectivity index (χ4v) is 3.26. The summed E-state index contributed by atoms with van der Waals surface area (Å²) >= 11 is 0. The minimum absolute atomic E-state index is 0.192. The fraction of sp³-hybridized carbons (Fsp3) is 0.750. The van der Waals surface area contributed by atoms with Gasteiger partial charge in [0, 0.05) is 44.3 Å². The minimum atomic E-state index is -0.192. The third kappa shape index (κ3) is 3.66. The van der Waals surface area contributed by atoms with E-state index >= 15 is 0 Å². The van der Waals surface area contributed by atoms with Gasteiger partial charge in [-0.05, 0) is 19.9 Å². The molecule has 0 unspecified atom stereocenters. The molecule has 3 heterocycles. The van der Waals surface area contributed by atoms with Crippen LogP contribution in [0.3, 0.4) is 0 Å². The monoisotopic (exact) mass is 294 g/mol. The Morgan fingerprint density at radius 1 is 1.24 bits per heavy atom. The predicted molar refractivity (Wildman–Crippen MR) is 80.2 cm³/mol. The van der Waals surface area contributed by atoms with Crippen molar-refractivity contribution in [1.29, 1.82) is 0 Å². The highest BCUT2D eigenvalue weighted by molar-refractivity contribution is 5.06. The molecule has 0 N–H and O–H groups in total. The Labute approximate surface area is 126 Å². The first-order chi connectivity index (χ1) is 10.2. The van der Waals surface area contributed by atoms with E-state index in [0.717, 1.165) is 45.9 Å². The third-order valence-corrected chi connectivity index (χ3v) is 4.42. The first kappa shape index (κ1) is 15.0. The van der Waals surface area contributed by atoms with E-state index in [1.165, 1.54) is 5.56 Å². The minimum Gasteiger partial charge on any atom is -0.472 e. The van der Waals surface area contributed by atoms with Gasteiger partial charge in [0.05, 0.1) is 32.3 Å². The standard InChI is InChI=1S/C16H26N2O3/c1-14(2)18-5-7-20-13-16(12-18)11-17(4-8-21-16)9-15-3-6-19-10-15/h3,6,10,14H,4-5,7-9,11-13H2,1-2H3/t16-/m0/s1. The Hall–Kier alpha value is -0.880. The second kappa shape index (κ2) is 6.48. The van der Waals surface area contributed by atoms with Gasteiger partial charge in [-0.3, -0.25) is 9.80 Å². The number of rotatable bonds is 3. The Balaban J connectivity index is 1.67. The van der Waals surface area contributed by atoms with Crippen molar-refractivity contribution in [3.63, 3.8) is 0 Å². The lowest BCUT2D eigenvalue weighted by molar-refractivity contribution is -0.144. The average molecular weight is 294 g/mol. The molecule has 2 fully saturated rings. The van der Waals surface area contributed by atoms with Crippen LogP contribution in [0.15, 0.2) is 23.0 Å². The summed E-state index contributed by atoms with van der Waals surface area (Å²) in [5, 5.41) is 0. The molecule has 2 aliphatic rings. The summed E-state index contributed by atoms with van der Waals surface area (Å²) in [5.74, 6) is 0. The Morgan fingerprint density at radius 2 is 2.14 bits per heavy atom. The summed E-state index contributed by atoms with van der Waals surface area (Å²) in [7, 11) is 0. The molecule has 1 aromatic rings. The van der Waals surface area contributed by atoms with Gasteiger partial charge < -0.3 is 13.9 Å². The molecule has 0 amide bonds. The lowest BCUT2D eigenvalue weighted by Crippen LogP contribution is -2.59. The molecular formula is C16H26N2O3. The number of hydrogen-bond acceptors (Lipinski definition) is 5. The van der Waals surface area contributed by atoms with Crippen molar-refractivity contribution in [2.24, 2.45) is 0 Å². The molecule has 0 bridgehead atoms. The Bertz CT molecular complexity index is 435. The van der Waals surface area contributed by atoms with Gasteiger partial charge >= 0.3 is 0 Å². The van der Waals surface area contributed by atoms with Crippen LogP contribution in [0, 0.1) is 0 Å². The molecule has 0 aliphatic carbocycles. The van der Waals surface area contributed by atoms with Crippen LogP contribution in [0.5, 0.6) is 0 Å². The first-order valence-corrected chi connectivity index (χ1v) is 7.86. The van der Waals surface area contributed by atoms with E-state index < -0.39 is 0 Å². The second-order valence-corrected chi connectivity index (χ2v) is 6.49. The van der Waals surface area contributed by atoms with Crippen LogP contribution in [0.2, 0.25) is 0 Å². The van der Waals surface area contributed by atoms with Crippen molar-refractivity contribution < 1.29 is 13.9 Å². The molecule has 0 saturated carbocycles. The average Bonchev–Trinajstić information content (AvgIpc) is 2.87. The molecule has 5 heteroatoms. The lowest BCUT2D eigenvalue weighted by atomic mass is 10.0. The maximum atomic E-state index is 6.18. The molecule has 2 saturated heterocycles. The van der Waals surface area contributed by atoms with E-state index in [-0.39, 0.29) is 5.60 Å². The normalized spacial score (nSPS) is 29.1. The van der Waals surface area contributed by atoms with Crippen molar-refractivity contribution in [2.45, 2.75) is 32.0 Å². The largest absolute Gasteiger partial charge is 0.472 e. The van der Waals surface area contributed by atoms with E-state index in [1.807, 2.05) is 12.3 Å². The van der Waals surface area contributed by atoms with Crippen molar-refractivity contribution in [3.8, 4) is 0 Å².